The van der Waals surface area contributed by atoms with Gasteiger partial charge in [0, 0.05) is 49.4 Å². The van der Waals surface area contributed by atoms with Crippen LogP contribution in [0.3, 0.4) is 0 Å². The third-order valence-corrected chi connectivity index (χ3v) is 7.39. The van der Waals surface area contributed by atoms with Crippen molar-refractivity contribution in [1.82, 2.24) is 9.80 Å². The molecular formula is C29H33N3O3. The highest BCUT2D eigenvalue weighted by Gasteiger charge is 2.44. The Morgan fingerprint density at radius 1 is 1.09 bits per heavy atom. The van der Waals surface area contributed by atoms with Gasteiger partial charge in [-0.25, -0.2) is 0 Å². The van der Waals surface area contributed by atoms with Crippen molar-refractivity contribution in [2.75, 3.05) is 39.7 Å². The summed E-state index contributed by atoms with van der Waals surface area (Å²) >= 11 is 0. The standard InChI is InChI=1S/C29H33N3O3/c1-31(2)29(34)21-9-6-8-19(15-21)20-11-12-25-24(16-20)28-23(26(18-33)30-25)13-14-32(28)17-22-7-4-5-10-27(22)35-3/h4-12,15-16,23,26,28,30,33H,13-14,17-18H2,1-3H3/t23-,26+,28-/m1/s1. The number of methoxy groups -OCH3 is 1. The fraction of sp³-hybridized carbons (Fsp3) is 0.345. The van der Waals surface area contributed by atoms with Gasteiger partial charge in [-0.1, -0.05) is 36.4 Å². The second kappa shape index (κ2) is 9.72. The summed E-state index contributed by atoms with van der Waals surface area (Å²) in [6.45, 7) is 1.86. The molecule has 0 unspecified atom stereocenters. The molecule has 0 bridgehead atoms. The van der Waals surface area contributed by atoms with Crippen LogP contribution in [-0.2, 0) is 6.54 Å². The van der Waals surface area contributed by atoms with Crippen molar-refractivity contribution in [1.29, 1.82) is 0 Å². The van der Waals surface area contributed by atoms with E-state index in [0.29, 0.717) is 11.5 Å². The number of aliphatic hydroxyl groups excluding tert-OH is 1. The quantitative estimate of drug-likeness (QED) is 0.558. The van der Waals surface area contributed by atoms with Gasteiger partial charge in [-0.15, -0.1) is 0 Å². The molecule has 1 amide bonds. The van der Waals surface area contributed by atoms with Gasteiger partial charge in [0.25, 0.3) is 5.91 Å². The van der Waals surface area contributed by atoms with Crippen molar-refractivity contribution in [2.24, 2.45) is 5.92 Å². The summed E-state index contributed by atoms with van der Waals surface area (Å²) in [6.07, 6.45) is 1.02. The molecule has 2 aliphatic rings. The molecule has 182 valence electrons. The van der Waals surface area contributed by atoms with E-state index in [1.165, 1.54) is 11.1 Å². The fourth-order valence-corrected chi connectivity index (χ4v) is 5.66. The maximum Gasteiger partial charge on any atom is 0.253 e. The average molecular weight is 472 g/mol. The number of nitrogens with one attached hydrogen (secondary N) is 1. The predicted molar refractivity (Wildman–Crippen MR) is 139 cm³/mol. The van der Waals surface area contributed by atoms with Gasteiger partial charge < -0.3 is 20.1 Å². The lowest BCUT2D eigenvalue weighted by atomic mass is 9.82. The van der Waals surface area contributed by atoms with Crippen molar-refractivity contribution in [3.05, 3.63) is 83.4 Å². The minimum absolute atomic E-state index is 0.00361. The second-order valence-corrected chi connectivity index (χ2v) is 9.70. The number of carbonyl (C=O) groups excluding carboxylic acids is 1. The van der Waals surface area contributed by atoms with E-state index in [1.807, 2.05) is 30.3 Å². The molecule has 0 radical (unpaired) electrons. The number of hydrogen-bond donors (Lipinski definition) is 2. The molecule has 6 heteroatoms. The van der Waals surface area contributed by atoms with Crippen LogP contribution >= 0.6 is 0 Å². The van der Waals surface area contributed by atoms with E-state index in [-0.39, 0.29) is 24.6 Å². The number of benzene rings is 3. The van der Waals surface area contributed by atoms with Gasteiger partial charge in [0.15, 0.2) is 0 Å². The molecule has 0 saturated carbocycles. The molecule has 3 aromatic rings. The van der Waals surface area contributed by atoms with Crippen LogP contribution in [0, 0.1) is 5.92 Å². The first-order valence-corrected chi connectivity index (χ1v) is 12.2. The smallest absolute Gasteiger partial charge is 0.253 e. The Labute approximate surface area is 207 Å². The van der Waals surface area contributed by atoms with E-state index in [1.54, 1.807) is 26.1 Å². The number of nitrogens with zero attached hydrogens (tertiary/aromatic N) is 2. The summed E-state index contributed by atoms with van der Waals surface area (Å²) in [6, 6.07) is 22.7. The summed E-state index contributed by atoms with van der Waals surface area (Å²) in [5.41, 5.74) is 6.28. The molecule has 0 aliphatic carbocycles. The molecular weight excluding hydrogens is 438 g/mol. The first-order valence-electron chi connectivity index (χ1n) is 12.2. The predicted octanol–water partition coefficient (Wildman–Crippen LogP) is 4.41. The lowest BCUT2D eigenvalue weighted by molar-refractivity contribution is 0.0827. The van der Waals surface area contributed by atoms with Crippen LogP contribution in [0.15, 0.2) is 66.7 Å². The van der Waals surface area contributed by atoms with Crippen molar-refractivity contribution < 1.29 is 14.6 Å². The van der Waals surface area contributed by atoms with Crippen molar-refractivity contribution in [3.63, 3.8) is 0 Å². The van der Waals surface area contributed by atoms with Crippen LogP contribution in [0.5, 0.6) is 5.75 Å². The Hall–Kier alpha value is -3.35. The third kappa shape index (κ3) is 4.40. The number of aliphatic hydroxyl groups is 1. The van der Waals surface area contributed by atoms with Crippen LogP contribution in [0.1, 0.15) is 33.9 Å². The number of hydrogen-bond acceptors (Lipinski definition) is 5. The Bertz CT molecular complexity index is 1230. The summed E-state index contributed by atoms with van der Waals surface area (Å²) in [4.78, 5) is 16.6. The normalized spacial score (nSPS) is 21.1. The largest absolute Gasteiger partial charge is 0.496 e. The first kappa shape index (κ1) is 23.4. The number of likely N-dealkylation sites (tertiary alicyclic amines) is 1. The van der Waals surface area contributed by atoms with Crippen LogP contribution in [0.4, 0.5) is 5.69 Å². The van der Waals surface area contributed by atoms with Gasteiger partial charge in [-0.2, -0.15) is 0 Å². The van der Waals surface area contributed by atoms with Crippen LogP contribution in [-0.4, -0.2) is 61.2 Å². The molecule has 3 aromatic carbocycles. The van der Waals surface area contributed by atoms with E-state index in [2.05, 4.69) is 46.6 Å². The molecule has 5 rings (SSSR count). The van der Waals surface area contributed by atoms with Gasteiger partial charge in [-0.05, 0) is 60.0 Å². The fourth-order valence-electron chi connectivity index (χ4n) is 5.66. The van der Waals surface area contributed by atoms with Crippen LogP contribution in [0.2, 0.25) is 0 Å². The van der Waals surface area contributed by atoms with Crippen molar-refractivity contribution >= 4 is 11.6 Å². The molecule has 3 atom stereocenters. The number of amides is 1. The number of anilines is 1. The molecule has 0 spiro atoms. The Morgan fingerprint density at radius 3 is 2.66 bits per heavy atom. The zero-order valence-electron chi connectivity index (χ0n) is 20.6. The van der Waals surface area contributed by atoms with Crippen LogP contribution < -0.4 is 10.1 Å². The van der Waals surface area contributed by atoms with E-state index >= 15 is 0 Å². The molecule has 35 heavy (non-hydrogen) atoms. The maximum atomic E-state index is 12.5. The lowest BCUT2D eigenvalue weighted by Crippen LogP contribution is -2.41. The van der Waals surface area contributed by atoms with Gasteiger partial charge in [0.1, 0.15) is 5.75 Å². The zero-order valence-corrected chi connectivity index (χ0v) is 20.6. The summed E-state index contributed by atoms with van der Waals surface area (Å²) in [5.74, 6) is 1.22. The average Bonchev–Trinajstić information content (AvgIpc) is 3.31. The topological polar surface area (TPSA) is 65.0 Å². The Kier molecular flexibility index (Phi) is 6.50. The van der Waals surface area contributed by atoms with Crippen molar-refractivity contribution in [2.45, 2.75) is 25.0 Å². The SMILES string of the molecule is COc1ccccc1CN1CC[C@@H]2[C@H](CO)Nc3ccc(-c4cccc(C(=O)N(C)C)c4)cc3[C@@H]21. The third-order valence-electron chi connectivity index (χ3n) is 7.39. The monoisotopic (exact) mass is 471 g/mol. The lowest BCUT2D eigenvalue weighted by Gasteiger charge is -2.39. The zero-order chi connectivity index (χ0) is 24.5. The number of para-hydroxylation sites is 1. The van der Waals surface area contributed by atoms with E-state index in [9.17, 15) is 9.90 Å². The second-order valence-electron chi connectivity index (χ2n) is 9.70. The van der Waals surface area contributed by atoms with Gasteiger partial charge in [0.05, 0.1) is 19.8 Å². The van der Waals surface area contributed by atoms with Crippen molar-refractivity contribution in [3.8, 4) is 16.9 Å². The molecule has 1 fully saturated rings. The van der Waals surface area contributed by atoms with Gasteiger partial charge in [-0.3, -0.25) is 9.69 Å². The molecule has 2 aliphatic heterocycles. The number of carbonyl (C=O) groups is 1. The Balaban J connectivity index is 1.52. The first-order chi connectivity index (χ1) is 17.0. The van der Waals surface area contributed by atoms with Gasteiger partial charge >= 0.3 is 0 Å². The summed E-state index contributed by atoms with van der Waals surface area (Å²) < 4.78 is 5.62. The van der Waals surface area contributed by atoms with Crippen LogP contribution in [0.25, 0.3) is 11.1 Å². The minimum Gasteiger partial charge on any atom is -0.496 e. The highest BCUT2D eigenvalue weighted by Crippen LogP contribution is 2.48. The highest BCUT2D eigenvalue weighted by molar-refractivity contribution is 5.95. The van der Waals surface area contributed by atoms with Gasteiger partial charge in [0.2, 0.25) is 0 Å². The molecule has 0 aromatic heterocycles. The van der Waals surface area contributed by atoms with E-state index in [4.69, 9.17) is 4.74 Å². The van der Waals surface area contributed by atoms with E-state index < -0.39 is 0 Å². The number of rotatable bonds is 6. The molecule has 2 N–H and O–H groups in total. The minimum atomic E-state index is -0.00361. The van der Waals surface area contributed by atoms with E-state index in [0.717, 1.165) is 42.1 Å². The molecule has 1 saturated heterocycles. The molecule has 6 nitrogen and oxygen atoms in total. The number of ether oxygens (including phenoxy) is 1. The number of fused-ring (bicyclic) bond motifs is 3. The summed E-state index contributed by atoms with van der Waals surface area (Å²) in [7, 11) is 5.26. The summed E-state index contributed by atoms with van der Waals surface area (Å²) in [5, 5.41) is 13.7. The highest BCUT2D eigenvalue weighted by atomic mass is 16.5. The Morgan fingerprint density at radius 2 is 1.89 bits per heavy atom. The molecule has 2 heterocycles. The maximum absolute atomic E-state index is 12.5.